The van der Waals surface area contributed by atoms with Crippen molar-refractivity contribution in [3.8, 4) is 0 Å². The lowest BCUT2D eigenvalue weighted by atomic mass is 9.53. The van der Waals surface area contributed by atoms with Crippen LogP contribution < -0.4 is 11.5 Å². The summed E-state index contributed by atoms with van der Waals surface area (Å²) in [4.78, 5) is 0. The molecule has 0 radical (unpaired) electrons. The summed E-state index contributed by atoms with van der Waals surface area (Å²) in [5, 5.41) is 0. The maximum Gasteiger partial charge on any atom is 0.156 e. The number of nitrogens with two attached hydrogens (primary N) is 2. The quantitative estimate of drug-likeness (QED) is 0.672. The third-order valence-corrected chi connectivity index (χ3v) is 3.60. The minimum Gasteiger partial charge on any atom is -0.405 e. The number of rotatable bonds is 4. The lowest BCUT2D eigenvalue weighted by Gasteiger charge is -2.39. The van der Waals surface area contributed by atoms with Gasteiger partial charge in [-0.2, -0.15) is 0 Å². The van der Waals surface area contributed by atoms with Gasteiger partial charge in [0.05, 0.1) is 0 Å². The van der Waals surface area contributed by atoms with Crippen LogP contribution in [-0.2, 0) is 0 Å². The first kappa shape index (κ1) is 13.6. The number of hydrogen-bond acceptors (Lipinski definition) is 2. The molecule has 0 aromatic heterocycles. The molecule has 82 valence electrons. The monoisotopic (exact) mass is 196 g/mol. The highest BCUT2D eigenvalue weighted by atomic mass is 14.5. The van der Waals surface area contributed by atoms with Crippen molar-refractivity contribution in [2.75, 3.05) is 6.54 Å². The molecule has 0 saturated carbocycles. The van der Waals surface area contributed by atoms with E-state index in [0.29, 0.717) is 17.4 Å². The summed E-state index contributed by atoms with van der Waals surface area (Å²) in [6.45, 7) is 12.0. The van der Waals surface area contributed by atoms with Crippen LogP contribution in [0.15, 0.2) is 11.7 Å². The van der Waals surface area contributed by atoms with Gasteiger partial charge < -0.3 is 11.5 Å². The standard InChI is InChI=1S/C11H25BN2/c1-10(2,3)11(4,5)8-12-9(6-13)7-14/h6,12H,7-8,13-14H2,1-5H3/b9-6+. The third kappa shape index (κ3) is 3.75. The summed E-state index contributed by atoms with van der Waals surface area (Å²) < 4.78 is 0. The molecular formula is C11H25BN2. The summed E-state index contributed by atoms with van der Waals surface area (Å²) >= 11 is 0. The summed E-state index contributed by atoms with van der Waals surface area (Å²) in [6.07, 6.45) is 2.79. The van der Waals surface area contributed by atoms with Gasteiger partial charge in [-0.25, -0.2) is 0 Å². The van der Waals surface area contributed by atoms with E-state index in [2.05, 4.69) is 34.6 Å². The van der Waals surface area contributed by atoms with Crippen molar-refractivity contribution < 1.29 is 0 Å². The molecule has 2 nitrogen and oxygen atoms in total. The third-order valence-electron chi connectivity index (χ3n) is 3.60. The first-order chi connectivity index (χ1) is 6.24. The molecule has 0 unspecified atom stereocenters. The van der Waals surface area contributed by atoms with E-state index in [1.807, 2.05) is 0 Å². The zero-order chi connectivity index (χ0) is 11.4. The maximum atomic E-state index is 5.57. The van der Waals surface area contributed by atoms with Gasteiger partial charge in [-0.05, 0) is 17.0 Å². The Hall–Kier alpha value is -0.435. The van der Waals surface area contributed by atoms with Gasteiger partial charge in [0.15, 0.2) is 7.28 Å². The minimum absolute atomic E-state index is 0.316. The summed E-state index contributed by atoms with van der Waals surface area (Å²) in [7, 11) is 1.01. The van der Waals surface area contributed by atoms with Gasteiger partial charge in [-0.3, -0.25) is 0 Å². The molecule has 0 fully saturated rings. The van der Waals surface area contributed by atoms with E-state index in [1.54, 1.807) is 6.20 Å². The Morgan fingerprint density at radius 1 is 1.21 bits per heavy atom. The van der Waals surface area contributed by atoms with E-state index in [4.69, 9.17) is 11.5 Å². The molecule has 4 N–H and O–H groups in total. The molecule has 0 bridgehead atoms. The lowest BCUT2D eigenvalue weighted by molar-refractivity contribution is 0.156. The molecule has 0 heterocycles. The largest absolute Gasteiger partial charge is 0.405 e. The maximum absolute atomic E-state index is 5.57. The van der Waals surface area contributed by atoms with Crippen molar-refractivity contribution >= 4 is 7.28 Å². The lowest BCUT2D eigenvalue weighted by Crippen LogP contribution is -2.31. The molecule has 0 atom stereocenters. The van der Waals surface area contributed by atoms with Gasteiger partial charge in [0, 0.05) is 6.54 Å². The van der Waals surface area contributed by atoms with Crippen LogP contribution in [0.1, 0.15) is 34.6 Å². The van der Waals surface area contributed by atoms with E-state index in [1.165, 1.54) is 0 Å². The fourth-order valence-corrected chi connectivity index (χ4v) is 1.10. The molecule has 0 amide bonds. The fraction of sp³-hybridized carbons (Fsp3) is 0.818. The SMILES string of the molecule is CC(C)(C)C(C)(C)CB/C(=C/N)CN. The van der Waals surface area contributed by atoms with Crippen molar-refractivity contribution in [2.24, 2.45) is 22.3 Å². The Morgan fingerprint density at radius 3 is 2.00 bits per heavy atom. The molecule has 3 heteroatoms. The Kier molecular flexibility index (Phi) is 4.72. The Morgan fingerprint density at radius 2 is 1.71 bits per heavy atom. The van der Waals surface area contributed by atoms with E-state index in [-0.39, 0.29) is 0 Å². The van der Waals surface area contributed by atoms with Crippen LogP contribution in [0, 0.1) is 10.8 Å². The van der Waals surface area contributed by atoms with Crippen molar-refractivity contribution in [3.63, 3.8) is 0 Å². The molecule has 0 aromatic rings. The van der Waals surface area contributed by atoms with E-state index >= 15 is 0 Å². The highest BCUT2D eigenvalue weighted by Crippen LogP contribution is 2.41. The Balaban J connectivity index is 4.26. The van der Waals surface area contributed by atoms with Crippen molar-refractivity contribution in [3.05, 3.63) is 11.7 Å². The van der Waals surface area contributed by atoms with Gasteiger partial charge in [-0.1, -0.05) is 46.4 Å². The number of hydrogen-bond donors (Lipinski definition) is 2. The predicted molar refractivity (Wildman–Crippen MR) is 66.5 cm³/mol. The highest BCUT2D eigenvalue weighted by Gasteiger charge is 2.32. The van der Waals surface area contributed by atoms with Crippen molar-refractivity contribution in [1.29, 1.82) is 0 Å². The topological polar surface area (TPSA) is 52.0 Å². The van der Waals surface area contributed by atoms with Crippen LogP contribution in [0.2, 0.25) is 6.32 Å². The Labute approximate surface area is 89.4 Å². The molecule has 14 heavy (non-hydrogen) atoms. The van der Waals surface area contributed by atoms with Gasteiger partial charge in [0.25, 0.3) is 0 Å². The van der Waals surface area contributed by atoms with Crippen LogP contribution in [0.4, 0.5) is 0 Å². The van der Waals surface area contributed by atoms with Crippen LogP contribution in [0.5, 0.6) is 0 Å². The smallest absolute Gasteiger partial charge is 0.156 e. The van der Waals surface area contributed by atoms with Crippen molar-refractivity contribution in [1.82, 2.24) is 0 Å². The molecule has 0 aliphatic rings. The second-order valence-electron chi connectivity index (χ2n) is 5.66. The minimum atomic E-state index is 0.316. The molecule has 0 aromatic carbocycles. The molecule has 0 saturated heterocycles. The van der Waals surface area contributed by atoms with Crippen molar-refractivity contribution in [2.45, 2.75) is 40.9 Å². The van der Waals surface area contributed by atoms with E-state index in [9.17, 15) is 0 Å². The summed E-state index contributed by atoms with van der Waals surface area (Å²) in [6, 6.07) is 0. The average molecular weight is 196 g/mol. The zero-order valence-corrected chi connectivity index (χ0v) is 10.4. The molecule has 0 aliphatic heterocycles. The molecule has 0 aliphatic carbocycles. The summed E-state index contributed by atoms with van der Waals surface area (Å²) in [5.41, 5.74) is 12.8. The van der Waals surface area contributed by atoms with E-state index < -0.39 is 0 Å². The van der Waals surface area contributed by atoms with Gasteiger partial charge in [-0.15, -0.1) is 0 Å². The second kappa shape index (κ2) is 4.88. The van der Waals surface area contributed by atoms with Crippen LogP contribution in [0.3, 0.4) is 0 Å². The molecule has 0 spiro atoms. The molecular weight excluding hydrogens is 171 g/mol. The van der Waals surface area contributed by atoms with E-state index in [0.717, 1.165) is 19.1 Å². The van der Waals surface area contributed by atoms with Gasteiger partial charge in [0.1, 0.15) is 0 Å². The highest BCUT2D eigenvalue weighted by molar-refractivity contribution is 6.45. The summed E-state index contributed by atoms with van der Waals surface area (Å²) in [5.74, 6) is 0. The first-order valence-corrected chi connectivity index (χ1v) is 5.34. The van der Waals surface area contributed by atoms with Gasteiger partial charge >= 0.3 is 0 Å². The van der Waals surface area contributed by atoms with Crippen LogP contribution >= 0.6 is 0 Å². The van der Waals surface area contributed by atoms with Gasteiger partial charge in [0.2, 0.25) is 0 Å². The normalized spacial score (nSPS) is 14.3. The van der Waals surface area contributed by atoms with Crippen LogP contribution in [-0.4, -0.2) is 13.8 Å². The average Bonchev–Trinajstić information content (AvgIpc) is 2.04. The second-order valence-corrected chi connectivity index (χ2v) is 5.66. The zero-order valence-electron chi connectivity index (χ0n) is 10.4. The molecule has 0 rings (SSSR count). The fourth-order valence-electron chi connectivity index (χ4n) is 1.10. The first-order valence-electron chi connectivity index (χ1n) is 5.34. The Bertz CT molecular complexity index is 202. The predicted octanol–water partition coefficient (Wildman–Crippen LogP) is 1.67. The van der Waals surface area contributed by atoms with Crippen LogP contribution in [0.25, 0.3) is 0 Å².